The van der Waals surface area contributed by atoms with Crippen molar-refractivity contribution in [3.8, 4) is 0 Å². The Labute approximate surface area is 117 Å². The van der Waals surface area contributed by atoms with Crippen molar-refractivity contribution in [2.45, 2.75) is 23.8 Å². The monoisotopic (exact) mass is 293 g/mol. The van der Waals surface area contributed by atoms with Crippen LogP contribution in [0.25, 0.3) is 0 Å². The smallest absolute Gasteiger partial charge is 0.263 e. The van der Waals surface area contributed by atoms with Crippen molar-refractivity contribution >= 4 is 21.8 Å². The third-order valence-electron chi connectivity index (χ3n) is 3.58. The average molecular weight is 293 g/mol. The highest BCUT2D eigenvalue weighted by atomic mass is 32.2. The molecule has 1 unspecified atom stereocenters. The molecule has 3 rings (SSSR count). The van der Waals surface area contributed by atoms with E-state index in [9.17, 15) is 13.2 Å². The highest BCUT2D eigenvalue weighted by Crippen LogP contribution is 2.23. The fraction of sp³-hybridized carbons (Fsp3) is 0.385. The van der Waals surface area contributed by atoms with E-state index in [-0.39, 0.29) is 16.8 Å². The van der Waals surface area contributed by atoms with Gasteiger partial charge < -0.3 is 4.90 Å². The van der Waals surface area contributed by atoms with E-state index < -0.39 is 10.0 Å². The molecule has 1 fully saturated rings. The first kappa shape index (κ1) is 13.1. The minimum absolute atomic E-state index is 0.0680. The van der Waals surface area contributed by atoms with Gasteiger partial charge in [0.1, 0.15) is 5.84 Å². The van der Waals surface area contributed by atoms with Gasteiger partial charge >= 0.3 is 0 Å². The normalized spacial score (nSPS) is 26.4. The fourth-order valence-corrected chi connectivity index (χ4v) is 3.75. The standard InChI is InChI=1S/C13H15N3O3S/c1-16-8-9(6-7-12(16)17)14-13-10-4-2-3-5-11(10)20(18,19)15-13/h2-5,9H,6-8H2,1H3,(H,14,15). The van der Waals surface area contributed by atoms with Crippen LogP contribution >= 0.6 is 0 Å². The van der Waals surface area contributed by atoms with Gasteiger partial charge in [-0.3, -0.25) is 14.5 Å². The number of amides is 1. The van der Waals surface area contributed by atoms with Gasteiger partial charge in [-0.05, 0) is 18.6 Å². The minimum Gasteiger partial charge on any atom is -0.344 e. The molecular weight excluding hydrogens is 278 g/mol. The van der Waals surface area contributed by atoms with Crippen LogP contribution in [-0.2, 0) is 14.8 Å². The van der Waals surface area contributed by atoms with Gasteiger partial charge in [0.2, 0.25) is 5.91 Å². The molecule has 1 amide bonds. The number of fused-ring (bicyclic) bond motifs is 1. The van der Waals surface area contributed by atoms with Crippen LogP contribution in [0.4, 0.5) is 0 Å². The van der Waals surface area contributed by atoms with Crippen LogP contribution in [0.5, 0.6) is 0 Å². The van der Waals surface area contributed by atoms with Crippen molar-refractivity contribution in [2.24, 2.45) is 4.99 Å². The zero-order chi connectivity index (χ0) is 14.3. The summed E-state index contributed by atoms with van der Waals surface area (Å²) in [6.07, 6.45) is 1.10. The number of carbonyl (C=O) groups excluding carboxylic acids is 1. The molecule has 6 nitrogen and oxygen atoms in total. The number of sulfonamides is 1. The van der Waals surface area contributed by atoms with E-state index in [0.29, 0.717) is 30.8 Å². The van der Waals surface area contributed by atoms with Gasteiger partial charge in [-0.15, -0.1) is 0 Å². The maximum atomic E-state index is 12.0. The molecule has 0 radical (unpaired) electrons. The zero-order valence-electron chi connectivity index (χ0n) is 11.0. The lowest BCUT2D eigenvalue weighted by molar-refractivity contribution is -0.132. The van der Waals surface area contributed by atoms with Crippen LogP contribution < -0.4 is 4.72 Å². The summed E-state index contributed by atoms with van der Waals surface area (Å²) in [6.45, 7) is 0.520. The number of nitrogens with zero attached hydrogens (tertiary/aromatic N) is 2. The van der Waals surface area contributed by atoms with Crippen LogP contribution in [0, 0.1) is 0 Å². The molecule has 0 aliphatic carbocycles. The summed E-state index contributed by atoms with van der Waals surface area (Å²) in [6, 6.07) is 6.71. The van der Waals surface area contributed by atoms with Crippen LogP contribution in [-0.4, -0.2) is 44.7 Å². The molecule has 2 aliphatic rings. The molecule has 1 saturated heterocycles. The Bertz CT molecular complexity index is 697. The Kier molecular flexibility index (Phi) is 3.01. The second-order valence-corrected chi connectivity index (χ2v) is 6.70. The number of rotatable bonds is 1. The number of likely N-dealkylation sites (tertiary alicyclic amines) is 1. The Hall–Kier alpha value is -1.89. The largest absolute Gasteiger partial charge is 0.344 e. The van der Waals surface area contributed by atoms with Gasteiger partial charge in [0, 0.05) is 25.6 Å². The van der Waals surface area contributed by atoms with E-state index in [1.807, 2.05) is 0 Å². The molecule has 20 heavy (non-hydrogen) atoms. The SMILES string of the molecule is CN1CC(N=C2NS(=O)(=O)c3ccccc32)CCC1=O. The number of piperidine rings is 1. The lowest BCUT2D eigenvalue weighted by Gasteiger charge is -2.27. The quantitative estimate of drug-likeness (QED) is 0.811. The maximum Gasteiger partial charge on any atom is 0.263 e. The predicted octanol–water partition coefficient (Wildman–Crippen LogP) is 0.346. The molecule has 1 N–H and O–H groups in total. The third kappa shape index (κ3) is 2.18. The summed E-state index contributed by atoms with van der Waals surface area (Å²) < 4.78 is 26.4. The van der Waals surface area contributed by atoms with E-state index in [1.165, 1.54) is 0 Å². The van der Waals surface area contributed by atoms with E-state index in [1.54, 1.807) is 36.2 Å². The first-order chi connectivity index (χ1) is 9.47. The number of hydrogen-bond acceptors (Lipinski definition) is 4. The van der Waals surface area contributed by atoms with Gasteiger partial charge in [0.05, 0.1) is 10.9 Å². The fourth-order valence-electron chi connectivity index (χ4n) is 2.51. The van der Waals surface area contributed by atoms with E-state index in [0.717, 1.165) is 0 Å². The summed E-state index contributed by atoms with van der Waals surface area (Å²) >= 11 is 0. The first-order valence-corrected chi connectivity index (χ1v) is 7.90. The van der Waals surface area contributed by atoms with Gasteiger partial charge in [-0.2, -0.15) is 0 Å². The van der Waals surface area contributed by atoms with Crippen LogP contribution in [0.1, 0.15) is 18.4 Å². The van der Waals surface area contributed by atoms with E-state index in [2.05, 4.69) is 9.71 Å². The van der Waals surface area contributed by atoms with Gasteiger partial charge in [-0.1, -0.05) is 12.1 Å². The van der Waals surface area contributed by atoms with Crippen molar-refractivity contribution in [3.05, 3.63) is 29.8 Å². The number of nitrogens with one attached hydrogen (secondary N) is 1. The molecule has 2 aliphatic heterocycles. The number of hydrogen-bond donors (Lipinski definition) is 1. The number of likely N-dealkylation sites (N-methyl/N-ethyl adjacent to an activating group) is 1. The number of amidine groups is 1. The second-order valence-electron chi connectivity index (χ2n) is 5.05. The van der Waals surface area contributed by atoms with Gasteiger partial charge in [-0.25, -0.2) is 8.42 Å². The number of aliphatic imine (C=N–C) groups is 1. The van der Waals surface area contributed by atoms with Crippen LogP contribution in [0.3, 0.4) is 0 Å². The third-order valence-corrected chi connectivity index (χ3v) is 4.97. The van der Waals surface area contributed by atoms with Gasteiger partial charge in [0.15, 0.2) is 0 Å². The minimum atomic E-state index is -3.49. The summed E-state index contributed by atoms with van der Waals surface area (Å²) in [5, 5.41) is 0. The molecule has 7 heteroatoms. The van der Waals surface area contributed by atoms with Crippen LogP contribution in [0.15, 0.2) is 34.2 Å². The highest BCUT2D eigenvalue weighted by Gasteiger charge is 2.31. The highest BCUT2D eigenvalue weighted by molar-refractivity contribution is 7.90. The van der Waals surface area contributed by atoms with Crippen molar-refractivity contribution in [1.82, 2.24) is 9.62 Å². The topological polar surface area (TPSA) is 78.8 Å². The lowest BCUT2D eigenvalue weighted by Crippen LogP contribution is -2.39. The summed E-state index contributed by atoms with van der Waals surface area (Å²) in [7, 11) is -1.75. The summed E-state index contributed by atoms with van der Waals surface area (Å²) in [4.78, 5) is 17.8. The van der Waals surface area contributed by atoms with E-state index in [4.69, 9.17) is 0 Å². The second kappa shape index (κ2) is 4.59. The molecule has 1 aromatic carbocycles. The molecule has 0 aromatic heterocycles. The molecule has 1 atom stereocenters. The molecule has 0 saturated carbocycles. The van der Waals surface area contributed by atoms with Crippen molar-refractivity contribution in [3.63, 3.8) is 0 Å². The zero-order valence-corrected chi connectivity index (χ0v) is 11.9. The van der Waals surface area contributed by atoms with Crippen LogP contribution in [0.2, 0.25) is 0 Å². The Morgan fingerprint density at radius 2 is 2.10 bits per heavy atom. The van der Waals surface area contributed by atoms with Crippen molar-refractivity contribution in [1.29, 1.82) is 0 Å². The van der Waals surface area contributed by atoms with Gasteiger partial charge in [0.25, 0.3) is 10.0 Å². The Morgan fingerprint density at radius 3 is 2.85 bits per heavy atom. The molecule has 2 heterocycles. The molecular formula is C13H15N3O3S. The number of carbonyl (C=O) groups is 1. The Balaban J connectivity index is 1.93. The molecule has 0 bridgehead atoms. The van der Waals surface area contributed by atoms with E-state index >= 15 is 0 Å². The maximum absolute atomic E-state index is 12.0. The number of benzene rings is 1. The summed E-state index contributed by atoms with van der Waals surface area (Å²) in [5.74, 6) is 0.488. The summed E-state index contributed by atoms with van der Waals surface area (Å²) in [5.41, 5.74) is 0.604. The van der Waals surface area contributed by atoms with Crippen molar-refractivity contribution < 1.29 is 13.2 Å². The predicted molar refractivity (Wildman–Crippen MR) is 74.0 cm³/mol. The lowest BCUT2D eigenvalue weighted by atomic mass is 10.1. The first-order valence-electron chi connectivity index (χ1n) is 6.41. The molecule has 0 spiro atoms. The molecule has 1 aromatic rings. The van der Waals surface area contributed by atoms with Crippen molar-refractivity contribution in [2.75, 3.05) is 13.6 Å². The average Bonchev–Trinajstić information content (AvgIpc) is 2.66. The Morgan fingerprint density at radius 1 is 1.35 bits per heavy atom. The molecule has 106 valence electrons.